The molecule has 1 saturated carbocycles. The van der Waals surface area contributed by atoms with E-state index in [1.165, 1.54) is 19.3 Å². The van der Waals surface area contributed by atoms with Crippen LogP contribution in [0.25, 0.3) is 0 Å². The Morgan fingerprint density at radius 3 is 2.71 bits per heavy atom. The lowest BCUT2D eigenvalue weighted by molar-refractivity contribution is -0.131. The molecule has 96 valence electrons. The van der Waals surface area contributed by atoms with Crippen LogP contribution < -0.4 is 5.32 Å². The third-order valence-corrected chi connectivity index (χ3v) is 4.50. The molecule has 0 spiro atoms. The van der Waals surface area contributed by atoms with E-state index in [4.69, 9.17) is 4.74 Å². The quantitative estimate of drug-likeness (QED) is 0.767. The average Bonchev–Trinajstić information content (AvgIpc) is 2.90. The number of nitrogens with zero attached hydrogens (tertiary/aromatic N) is 1. The van der Waals surface area contributed by atoms with Gasteiger partial charge in [0.15, 0.2) is 0 Å². The van der Waals surface area contributed by atoms with Crippen LogP contribution in [-0.2, 0) is 9.53 Å². The van der Waals surface area contributed by atoms with E-state index in [0.717, 1.165) is 38.1 Å². The van der Waals surface area contributed by atoms with Gasteiger partial charge in [0.05, 0.1) is 13.2 Å². The number of nitrogens with one attached hydrogen (secondary N) is 1. The van der Waals surface area contributed by atoms with Crippen LogP contribution in [0.2, 0.25) is 0 Å². The van der Waals surface area contributed by atoms with Crippen molar-refractivity contribution in [1.82, 2.24) is 10.2 Å². The third kappa shape index (κ3) is 2.47. The summed E-state index contributed by atoms with van der Waals surface area (Å²) in [4.78, 5) is 14.3. The zero-order chi connectivity index (χ0) is 11.7. The van der Waals surface area contributed by atoms with Crippen LogP contribution in [0.5, 0.6) is 0 Å². The van der Waals surface area contributed by atoms with Crippen LogP contribution in [0.15, 0.2) is 0 Å². The van der Waals surface area contributed by atoms with Gasteiger partial charge >= 0.3 is 0 Å². The van der Waals surface area contributed by atoms with Gasteiger partial charge < -0.3 is 15.0 Å². The molecular formula is C13H22N2O2. The molecule has 0 bridgehead atoms. The van der Waals surface area contributed by atoms with E-state index < -0.39 is 0 Å². The van der Waals surface area contributed by atoms with Crippen LogP contribution in [0.4, 0.5) is 0 Å². The highest BCUT2D eigenvalue weighted by Gasteiger charge is 2.38. The summed E-state index contributed by atoms with van der Waals surface area (Å²) in [7, 11) is 0. The molecule has 2 saturated heterocycles. The fourth-order valence-electron chi connectivity index (χ4n) is 3.53. The third-order valence-electron chi connectivity index (χ3n) is 4.50. The number of carbonyl (C=O) groups is 1. The van der Waals surface area contributed by atoms with Crippen LogP contribution in [0, 0.1) is 11.8 Å². The number of amides is 1. The van der Waals surface area contributed by atoms with Gasteiger partial charge in [-0.1, -0.05) is 6.42 Å². The first kappa shape index (κ1) is 11.5. The molecule has 17 heavy (non-hydrogen) atoms. The summed E-state index contributed by atoms with van der Waals surface area (Å²) < 4.78 is 5.39. The monoisotopic (exact) mass is 238 g/mol. The van der Waals surface area contributed by atoms with Crippen molar-refractivity contribution in [1.29, 1.82) is 0 Å². The maximum Gasteiger partial charge on any atom is 0.224 e. The van der Waals surface area contributed by atoms with Gasteiger partial charge in [0, 0.05) is 32.1 Å². The number of fused-ring (bicyclic) bond motifs is 1. The van der Waals surface area contributed by atoms with Crippen LogP contribution in [-0.4, -0.2) is 49.7 Å². The Bertz CT molecular complexity index is 277. The average molecular weight is 238 g/mol. The van der Waals surface area contributed by atoms with Gasteiger partial charge in [0.1, 0.15) is 0 Å². The SMILES string of the molecule is O=C(CC1COCCN1)N1CC2CCCC2C1. The Morgan fingerprint density at radius 2 is 2.06 bits per heavy atom. The van der Waals surface area contributed by atoms with E-state index >= 15 is 0 Å². The highest BCUT2D eigenvalue weighted by atomic mass is 16.5. The van der Waals surface area contributed by atoms with Gasteiger partial charge in [-0.2, -0.15) is 0 Å². The maximum absolute atomic E-state index is 12.2. The molecule has 4 heteroatoms. The van der Waals surface area contributed by atoms with Crippen molar-refractivity contribution in [3.8, 4) is 0 Å². The maximum atomic E-state index is 12.2. The smallest absolute Gasteiger partial charge is 0.224 e. The molecule has 1 aliphatic carbocycles. The predicted octanol–water partition coefficient (Wildman–Crippen LogP) is 0.623. The van der Waals surface area contributed by atoms with Crippen LogP contribution >= 0.6 is 0 Å². The summed E-state index contributed by atoms with van der Waals surface area (Å²) in [6.07, 6.45) is 4.65. The molecule has 0 radical (unpaired) electrons. The molecule has 0 aromatic heterocycles. The zero-order valence-corrected chi connectivity index (χ0v) is 10.4. The van der Waals surface area contributed by atoms with Crippen LogP contribution in [0.1, 0.15) is 25.7 Å². The standard InChI is InChI=1S/C13H22N2O2/c16-13(6-12-9-17-5-4-14-12)15-7-10-2-1-3-11(10)8-15/h10-12,14H,1-9H2. The largest absolute Gasteiger partial charge is 0.378 e. The predicted molar refractivity (Wildman–Crippen MR) is 64.6 cm³/mol. The summed E-state index contributed by atoms with van der Waals surface area (Å²) >= 11 is 0. The highest BCUT2D eigenvalue weighted by molar-refractivity contribution is 5.77. The molecule has 3 aliphatic rings. The number of ether oxygens (including phenoxy) is 1. The number of rotatable bonds is 2. The summed E-state index contributed by atoms with van der Waals surface area (Å²) in [5, 5.41) is 3.35. The minimum atomic E-state index is 0.233. The van der Waals surface area contributed by atoms with Crippen molar-refractivity contribution in [3.05, 3.63) is 0 Å². The normalized spacial score (nSPS) is 37.2. The van der Waals surface area contributed by atoms with E-state index in [1.807, 2.05) is 0 Å². The van der Waals surface area contributed by atoms with E-state index in [-0.39, 0.29) is 6.04 Å². The summed E-state index contributed by atoms with van der Waals surface area (Å²) in [5.74, 6) is 1.92. The number of likely N-dealkylation sites (tertiary alicyclic amines) is 1. The van der Waals surface area contributed by atoms with Crippen molar-refractivity contribution in [2.45, 2.75) is 31.7 Å². The molecule has 3 atom stereocenters. The molecule has 2 heterocycles. The fourth-order valence-corrected chi connectivity index (χ4v) is 3.53. The van der Waals surface area contributed by atoms with E-state index in [0.29, 0.717) is 18.9 Å². The lowest BCUT2D eigenvalue weighted by atomic mass is 10.0. The van der Waals surface area contributed by atoms with Gasteiger partial charge in [-0.15, -0.1) is 0 Å². The summed E-state index contributed by atoms with van der Waals surface area (Å²) in [5.41, 5.74) is 0. The number of hydrogen-bond donors (Lipinski definition) is 1. The number of carbonyl (C=O) groups excluding carboxylic acids is 1. The van der Waals surface area contributed by atoms with Crippen molar-refractivity contribution in [2.24, 2.45) is 11.8 Å². The molecule has 1 N–H and O–H groups in total. The van der Waals surface area contributed by atoms with Gasteiger partial charge in [-0.05, 0) is 24.7 Å². The van der Waals surface area contributed by atoms with Gasteiger partial charge in [0.2, 0.25) is 5.91 Å². The first-order valence-corrected chi connectivity index (χ1v) is 6.92. The molecular weight excluding hydrogens is 216 g/mol. The Hall–Kier alpha value is -0.610. The highest BCUT2D eigenvalue weighted by Crippen LogP contribution is 2.37. The molecule has 3 unspecified atom stereocenters. The summed E-state index contributed by atoms with van der Waals surface area (Å²) in [6, 6.07) is 0.233. The van der Waals surface area contributed by atoms with Gasteiger partial charge in [0.25, 0.3) is 0 Å². The second-order valence-corrected chi connectivity index (χ2v) is 5.68. The molecule has 0 aromatic rings. The second kappa shape index (κ2) is 4.94. The molecule has 3 fully saturated rings. The molecule has 2 aliphatic heterocycles. The van der Waals surface area contributed by atoms with Crippen molar-refractivity contribution in [2.75, 3.05) is 32.8 Å². The Labute approximate surface area is 103 Å². The van der Waals surface area contributed by atoms with E-state index in [2.05, 4.69) is 10.2 Å². The first-order chi connectivity index (χ1) is 8.33. The minimum absolute atomic E-state index is 0.233. The van der Waals surface area contributed by atoms with Crippen LogP contribution in [0.3, 0.4) is 0 Å². The second-order valence-electron chi connectivity index (χ2n) is 5.68. The Kier molecular flexibility index (Phi) is 3.34. The Balaban J connectivity index is 1.49. The number of morpholine rings is 1. The first-order valence-electron chi connectivity index (χ1n) is 6.92. The summed E-state index contributed by atoms with van der Waals surface area (Å²) in [6.45, 7) is 4.36. The fraction of sp³-hybridized carbons (Fsp3) is 0.923. The van der Waals surface area contributed by atoms with Crippen molar-refractivity contribution in [3.63, 3.8) is 0 Å². The molecule has 4 nitrogen and oxygen atoms in total. The molecule has 0 aromatic carbocycles. The number of hydrogen-bond acceptors (Lipinski definition) is 3. The van der Waals surface area contributed by atoms with Gasteiger partial charge in [-0.25, -0.2) is 0 Å². The lowest BCUT2D eigenvalue weighted by Gasteiger charge is -2.26. The van der Waals surface area contributed by atoms with E-state index in [9.17, 15) is 4.79 Å². The van der Waals surface area contributed by atoms with Gasteiger partial charge in [-0.3, -0.25) is 4.79 Å². The molecule has 1 amide bonds. The zero-order valence-electron chi connectivity index (χ0n) is 10.4. The topological polar surface area (TPSA) is 41.6 Å². The van der Waals surface area contributed by atoms with Crippen molar-refractivity contribution < 1.29 is 9.53 Å². The minimum Gasteiger partial charge on any atom is -0.378 e. The lowest BCUT2D eigenvalue weighted by Crippen LogP contribution is -2.44. The van der Waals surface area contributed by atoms with E-state index in [1.54, 1.807) is 0 Å². The molecule has 3 rings (SSSR count). The Morgan fingerprint density at radius 1 is 1.29 bits per heavy atom. The van der Waals surface area contributed by atoms with Crippen molar-refractivity contribution >= 4 is 5.91 Å².